The van der Waals surface area contributed by atoms with Gasteiger partial charge in [-0.1, -0.05) is 0 Å². The van der Waals surface area contributed by atoms with Crippen molar-refractivity contribution in [1.29, 1.82) is 0 Å². The minimum absolute atomic E-state index is 0.256. The van der Waals surface area contributed by atoms with E-state index >= 15 is 0 Å². The maximum atomic E-state index is 6.80. The highest BCUT2D eigenvalue weighted by molar-refractivity contribution is 5.60. The molecule has 2 heterocycles. The summed E-state index contributed by atoms with van der Waals surface area (Å²) in [7, 11) is 0. The molecular formula is C33H44O4. The zero-order valence-electron chi connectivity index (χ0n) is 22.6. The Morgan fingerprint density at radius 3 is 1.57 bits per heavy atom. The summed E-state index contributed by atoms with van der Waals surface area (Å²) in [5.74, 6) is 7.69. The van der Waals surface area contributed by atoms with Crippen LogP contribution in [0.2, 0.25) is 0 Å². The van der Waals surface area contributed by atoms with Gasteiger partial charge in [-0.05, 0) is 142 Å². The SMILES string of the molecule is Cc1c(C23CC4CC(CC(C4)C2)C3)cc(OCC2CO2)c(OCC2CO2)c1C12CC3CC(CC(C3)C1)C2. The molecule has 0 amide bonds. The molecule has 1 aromatic rings. The van der Waals surface area contributed by atoms with E-state index in [2.05, 4.69) is 13.0 Å². The molecule has 200 valence electrons. The minimum Gasteiger partial charge on any atom is -0.487 e. The summed E-state index contributed by atoms with van der Waals surface area (Å²) in [5.41, 5.74) is 5.46. The molecule has 8 bridgehead atoms. The average Bonchev–Trinajstić information content (AvgIpc) is 3.76. The van der Waals surface area contributed by atoms with Crippen molar-refractivity contribution in [2.24, 2.45) is 35.5 Å². The summed E-state index contributed by atoms with van der Waals surface area (Å²) < 4.78 is 24.7. The van der Waals surface area contributed by atoms with Crippen LogP contribution in [-0.2, 0) is 20.3 Å². The number of hydrogen-bond acceptors (Lipinski definition) is 4. The van der Waals surface area contributed by atoms with Crippen LogP contribution >= 0.6 is 0 Å². The van der Waals surface area contributed by atoms with E-state index in [1.165, 1.54) is 77.0 Å². The molecule has 8 aliphatic carbocycles. The molecule has 2 atom stereocenters. The molecule has 0 N–H and O–H groups in total. The normalized spacial score (nSPS) is 47.9. The molecular weight excluding hydrogens is 460 g/mol. The van der Waals surface area contributed by atoms with Gasteiger partial charge in [0.2, 0.25) is 0 Å². The van der Waals surface area contributed by atoms with E-state index in [1.807, 2.05) is 0 Å². The van der Waals surface area contributed by atoms with E-state index in [4.69, 9.17) is 18.9 Å². The van der Waals surface area contributed by atoms with Crippen LogP contribution < -0.4 is 9.47 Å². The lowest BCUT2D eigenvalue weighted by Crippen LogP contribution is -2.50. The maximum Gasteiger partial charge on any atom is 0.165 e. The third kappa shape index (κ3) is 3.67. The Labute approximate surface area is 222 Å². The molecule has 2 saturated heterocycles. The second-order valence-corrected chi connectivity index (χ2v) is 15.2. The van der Waals surface area contributed by atoms with Crippen molar-refractivity contribution in [2.75, 3.05) is 26.4 Å². The molecule has 0 radical (unpaired) electrons. The van der Waals surface area contributed by atoms with Gasteiger partial charge in [0.25, 0.3) is 0 Å². The van der Waals surface area contributed by atoms with Gasteiger partial charge in [0, 0.05) is 11.0 Å². The van der Waals surface area contributed by atoms with E-state index in [1.54, 1.807) is 16.7 Å². The highest BCUT2D eigenvalue weighted by atomic mass is 16.6. The first-order valence-electron chi connectivity index (χ1n) is 15.7. The Morgan fingerprint density at radius 2 is 1.11 bits per heavy atom. The van der Waals surface area contributed by atoms with Crippen LogP contribution in [0, 0.1) is 42.4 Å². The first kappa shape index (κ1) is 22.5. The molecule has 10 fully saturated rings. The van der Waals surface area contributed by atoms with Crippen molar-refractivity contribution in [1.82, 2.24) is 0 Å². The van der Waals surface area contributed by atoms with Crippen LogP contribution in [-0.4, -0.2) is 38.6 Å². The fourth-order valence-corrected chi connectivity index (χ4v) is 11.7. The molecule has 8 saturated carbocycles. The molecule has 4 heteroatoms. The Morgan fingerprint density at radius 1 is 0.676 bits per heavy atom. The number of epoxide rings is 2. The smallest absolute Gasteiger partial charge is 0.165 e. The lowest BCUT2D eigenvalue weighted by atomic mass is 9.45. The topological polar surface area (TPSA) is 43.5 Å². The fraction of sp³-hybridized carbons (Fsp3) is 0.818. The minimum atomic E-state index is 0.256. The third-order valence-corrected chi connectivity index (χ3v) is 12.3. The van der Waals surface area contributed by atoms with Crippen molar-refractivity contribution >= 4 is 0 Å². The van der Waals surface area contributed by atoms with Gasteiger partial charge in [-0.25, -0.2) is 0 Å². The number of benzene rings is 1. The van der Waals surface area contributed by atoms with Gasteiger partial charge in [0.15, 0.2) is 11.5 Å². The Bertz CT molecular complexity index is 1030. The van der Waals surface area contributed by atoms with Crippen LogP contribution in [0.15, 0.2) is 6.07 Å². The third-order valence-electron chi connectivity index (χ3n) is 12.3. The van der Waals surface area contributed by atoms with E-state index in [-0.39, 0.29) is 17.6 Å². The molecule has 2 unspecified atom stereocenters. The summed E-state index contributed by atoms with van der Waals surface area (Å²) in [6.45, 7) is 5.48. The van der Waals surface area contributed by atoms with Crippen LogP contribution in [0.25, 0.3) is 0 Å². The standard InChI is InChI=1S/C33H44O4/c1-19-28(32-9-20-2-21(10-32)4-22(3-20)11-32)8-29(36-17-26-15-34-26)31(37-18-27-16-35-27)30(19)33-12-23-5-24(13-33)7-25(6-23)14-33/h8,20-27H,2-7,9-18H2,1H3. The molecule has 2 aliphatic heterocycles. The molecule has 0 spiro atoms. The monoisotopic (exact) mass is 504 g/mol. The highest BCUT2D eigenvalue weighted by Crippen LogP contribution is 2.66. The van der Waals surface area contributed by atoms with Gasteiger partial charge in [0.1, 0.15) is 25.4 Å². The maximum absolute atomic E-state index is 6.80. The van der Waals surface area contributed by atoms with Gasteiger partial charge in [-0.2, -0.15) is 0 Å². The van der Waals surface area contributed by atoms with E-state index in [0.717, 1.165) is 60.2 Å². The summed E-state index contributed by atoms with van der Waals surface area (Å²) >= 11 is 0. The molecule has 37 heavy (non-hydrogen) atoms. The Hall–Kier alpha value is -1.26. The molecule has 0 aromatic heterocycles. The van der Waals surface area contributed by atoms with Crippen molar-refractivity contribution < 1.29 is 18.9 Å². The number of hydrogen-bond donors (Lipinski definition) is 0. The lowest BCUT2D eigenvalue weighted by molar-refractivity contribution is -0.0101. The Balaban J connectivity index is 1.21. The second-order valence-electron chi connectivity index (χ2n) is 15.2. The molecule has 10 aliphatic rings. The fourth-order valence-electron chi connectivity index (χ4n) is 11.7. The van der Waals surface area contributed by atoms with Crippen LogP contribution in [0.1, 0.15) is 93.7 Å². The first-order valence-corrected chi connectivity index (χ1v) is 15.7. The lowest BCUT2D eigenvalue weighted by Gasteiger charge is -2.59. The van der Waals surface area contributed by atoms with Crippen molar-refractivity contribution in [3.63, 3.8) is 0 Å². The summed E-state index contributed by atoms with van der Waals surface area (Å²) in [4.78, 5) is 0. The zero-order chi connectivity index (χ0) is 24.4. The van der Waals surface area contributed by atoms with Crippen molar-refractivity contribution in [3.8, 4) is 11.5 Å². The van der Waals surface area contributed by atoms with Crippen molar-refractivity contribution in [2.45, 2.75) is 107 Å². The second kappa shape index (κ2) is 7.90. The van der Waals surface area contributed by atoms with Gasteiger partial charge >= 0.3 is 0 Å². The highest BCUT2D eigenvalue weighted by Gasteiger charge is 2.56. The van der Waals surface area contributed by atoms with Crippen LogP contribution in [0.5, 0.6) is 11.5 Å². The van der Waals surface area contributed by atoms with Crippen LogP contribution in [0.4, 0.5) is 0 Å². The van der Waals surface area contributed by atoms with Crippen LogP contribution in [0.3, 0.4) is 0 Å². The van der Waals surface area contributed by atoms with Gasteiger partial charge in [-0.3, -0.25) is 0 Å². The Kier molecular flexibility index (Phi) is 4.82. The first-order chi connectivity index (χ1) is 18.0. The predicted molar refractivity (Wildman–Crippen MR) is 141 cm³/mol. The van der Waals surface area contributed by atoms with Crippen molar-refractivity contribution in [3.05, 3.63) is 22.8 Å². The van der Waals surface area contributed by atoms with Gasteiger partial charge < -0.3 is 18.9 Å². The predicted octanol–water partition coefficient (Wildman–Crippen LogP) is 6.49. The zero-order valence-corrected chi connectivity index (χ0v) is 22.6. The summed E-state index contributed by atoms with van der Waals surface area (Å²) in [6, 6.07) is 2.48. The van der Waals surface area contributed by atoms with Gasteiger partial charge in [0.05, 0.1) is 13.2 Å². The van der Waals surface area contributed by atoms with E-state index in [0.29, 0.717) is 18.6 Å². The molecule has 11 rings (SSSR count). The molecule has 1 aromatic carbocycles. The number of rotatable bonds is 8. The summed E-state index contributed by atoms with van der Waals surface area (Å²) in [5, 5.41) is 0. The largest absolute Gasteiger partial charge is 0.487 e. The number of ether oxygens (including phenoxy) is 4. The van der Waals surface area contributed by atoms with E-state index < -0.39 is 0 Å². The van der Waals surface area contributed by atoms with Gasteiger partial charge in [-0.15, -0.1) is 0 Å². The summed E-state index contributed by atoms with van der Waals surface area (Å²) in [6.07, 6.45) is 17.7. The van der Waals surface area contributed by atoms with E-state index in [9.17, 15) is 0 Å². The quantitative estimate of drug-likeness (QED) is 0.380. The molecule has 4 nitrogen and oxygen atoms in total. The average molecular weight is 505 g/mol.